The lowest BCUT2D eigenvalue weighted by Gasteiger charge is -2.08. The molecule has 0 bridgehead atoms. The van der Waals surface area contributed by atoms with Gasteiger partial charge in [0, 0.05) is 30.9 Å². The van der Waals surface area contributed by atoms with Crippen LogP contribution >= 0.6 is 0 Å². The van der Waals surface area contributed by atoms with Gasteiger partial charge in [-0.05, 0) is 44.0 Å². The molecular formula is C21H23N3O4. The summed E-state index contributed by atoms with van der Waals surface area (Å²) < 4.78 is 18.2. The molecule has 0 N–H and O–H groups in total. The predicted octanol–water partition coefficient (Wildman–Crippen LogP) is 3.60. The number of rotatable bonds is 9. The molecule has 1 aromatic carbocycles. The van der Waals surface area contributed by atoms with Gasteiger partial charge in [-0.1, -0.05) is 12.1 Å². The highest BCUT2D eigenvalue weighted by atomic mass is 16.5. The maximum atomic E-state index is 11.0. The lowest BCUT2D eigenvalue weighted by atomic mass is 10.2. The van der Waals surface area contributed by atoms with Crippen LogP contribution in [-0.2, 0) is 11.2 Å². The van der Waals surface area contributed by atoms with Crippen LogP contribution in [0.25, 0.3) is 5.82 Å². The smallest absolute Gasteiger partial charge is 0.308 e. The van der Waals surface area contributed by atoms with Crippen LogP contribution in [0.2, 0.25) is 0 Å². The molecule has 0 spiro atoms. The van der Waals surface area contributed by atoms with E-state index in [1.54, 1.807) is 29.1 Å². The Morgan fingerprint density at radius 1 is 1.11 bits per heavy atom. The monoisotopic (exact) mass is 381 g/mol. The van der Waals surface area contributed by atoms with Gasteiger partial charge in [0.25, 0.3) is 0 Å². The van der Waals surface area contributed by atoms with Gasteiger partial charge in [-0.25, -0.2) is 9.67 Å². The van der Waals surface area contributed by atoms with Crippen molar-refractivity contribution in [1.82, 2.24) is 14.8 Å². The van der Waals surface area contributed by atoms with Crippen molar-refractivity contribution < 1.29 is 19.0 Å². The van der Waals surface area contributed by atoms with Gasteiger partial charge in [-0.15, -0.1) is 5.10 Å². The Labute approximate surface area is 163 Å². The number of carbonyl (C=O) groups is 1. The second-order valence-corrected chi connectivity index (χ2v) is 6.05. The number of hydrogen-bond donors (Lipinski definition) is 0. The third-order valence-electron chi connectivity index (χ3n) is 3.84. The van der Waals surface area contributed by atoms with E-state index in [2.05, 4.69) is 10.1 Å². The maximum Gasteiger partial charge on any atom is 0.308 e. The molecule has 0 fully saturated rings. The Kier molecular flexibility index (Phi) is 6.62. The summed E-state index contributed by atoms with van der Waals surface area (Å²) in [6.07, 6.45) is 5.21. The van der Waals surface area contributed by atoms with Crippen molar-refractivity contribution in [2.45, 2.75) is 26.7 Å². The first-order valence-electron chi connectivity index (χ1n) is 9.19. The highest BCUT2D eigenvalue weighted by Gasteiger charge is 2.12. The SMILES string of the molecule is CCOc1nn(-c2ccccn2)cc1CCCOc1cccc(OC(C)=O)c1. The van der Waals surface area contributed by atoms with Crippen molar-refractivity contribution in [2.24, 2.45) is 0 Å². The molecule has 0 aliphatic rings. The number of ether oxygens (including phenoxy) is 3. The van der Waals surface area contributed by atoms with Crippen molar-refractivity contribution in [2.75, 3.05) is 13.2 Å². The van der Waals surface area contributed by atoms with Crippen molar-refractivity contribution in [1.29, 1.82) is 0 Å². The van der Waals surface area contributed by atoms with E-state index >= 15 is 0 Å². The van der Waals surface area contributed by atoms with Gasteiger partial charge in [0.05, 0.1) is 13.2 Å². The number of aromatic nitrogens is 3. The zero-order valence-corrected chi connectivity index (χ0v) is 16.0. The van der Waals surface area contributed by atoms with E-state index < -0.39 is 0 Å². The third kappa shape index (κ3) is 5.33. The average molecular weight is 381 g/mol. The van der Waals surface area contributed by atoms with E-state index in [-0.39, 0.29) is 5.97 Å². The van der Waals surface area contributed by atoms with Crippen LogP contribution in [-0.4, -0.2) is 33.9 Å². The summed E-state index contributed by atoms with van der Waals surface area (Å²) in [6, 6.07) is 12.7. The molecule has 3 aromatic rings. The molecule has 7 heteroatoms. The van der Waals surface area contributed by atoms with Gasteiger partial charge in [0.2, 0.25) is 5.88 Å². The average Bonchev–Trinajstić information content (AvgIpc) is 3.09. The first kappa shape index (κ1) is 19.4. The molecule has 146 valence electrons. The summed E-state index contributed by atoms with van der Waals surface area (Å²) in [7, 11) is 0. The topological polar surface area (TPSA) is 75.5 Å². The molecule has 2 aromatic heterocycles. The Balaban J connectivity index is 1.58. The van der Waals surface area contributed by atoms with Crippen LogP contribution in [0.1, 0.15) is 25.8 Å². The van der Waals surface area contributed by atoms with Crippen LogP contribution in [0.3, 0.4) is 0 Å². The molecule has 0 aliphatic heterocycles. The third-order valence-corrected chi connectivity index (χ3v) is 3.84. The van der Waals surface area contributed by atoms with E-state index in [1.807, 2.05) is 37.4 Å². The van der Waals surface area contributed by atoms with Crippen molar-refractivity contribution in [3.05, 3.63) is 60.4 Å². The van der Waals surface area contributed by atoms with Gasteiger partial charge in [-0.3, -0.25) is 4.79 Å². The lowest BCUT2D eigenvalue weighted by Crippen LogP contribution is -2.03. The van der Waals surface area contributed by atoms with E-state index in [0.29, 0.717) is 30.6 Å². The molecule has 0 aliphatic carbocycles. The summed E-state index contributed by atoms with van der Waals surface area (Å²) in [6.45, 7) is 4.37. The molecule has 0 unspecified atom stereocenters. The van der Waals surface area contributed by atoms with Crippen LogP contribution in [0, 0.1) is 0 Å². The summed E-state index contributed by atoms with van der Waals surface area (Å²) >= 11 is 0. The highest BCUT2D eigenvalue weighted by molar-refractivity contribution is 5.69. The van der Waals surface area contributed by atoms with Gasteiger partial charge >= 0.3 is 5.97 Å². The zero-order valence-electron chi connectivity index (χ0n) is 16.0. The van der Waals surface area contributed by atoms with E-state index in [4.69, 9.17) is 14.2 Å². The van der Waals surface area contributed by atoms with Crippen molar-refractivity contribution in [3.8, 4) is 23.2 Å². The van der Waals surface area contributed by atoms with Gasteiger partial charge in [0.1, 0.15) is 11.5 Å². The minimum absolute atomic E-state index is 0.356. The second-order valence-electron chi connectivity index (χ2n) is 6.05. The summed E-state index contributed by atoms with van der Waals surface area (Å²) in [5, 5.41) is 4.49. The van der Waals surface area contributed by atoms with Crippen molar-refractivity contribution in [3.63, 3.8) is 0 Å². The summed E-state index contributed by atoms with van der Waals surface area (Å²) in [4.78, 5) is 15.4. The summed E-state index contributed by atoms with van der Waals surface area (Å²) in [5.74, 6) is 2.14. The van der Waals surface area contributed by atoms with E-state index in [0.717, 1.165) is 24.2 Å². The van der Waals surface area contributed by atoms with E-state index in [9.17, 15) is 4.79 Å². The largest absolute Gasteiger partial charge is 0.493 e. The second kappa shape index (κ2) is 9.55. The van der Waals surface area contributed by atoms with Gasteiger partial charge in [-0.2, -0.15) is 0 Å². The molecule has 7 nitrogen and oxygen atoms in total. The molecular weight excluding hydrogens is 358 g/mol. The fourth-order valence-electron chi connectivity index (χ4n) is 2.68. The number of hydrogen-bond acceptors (Lipinski definition) is 6. The minimum Gasteiger partial charge on any atom is -0.493 e. The van der Waals surface area contributed by atoms with Crippen molar-refractivity contribution >= 4 is 5.97 Å². The predicted molar refractivity (Wildman–Crippen MR) is 104 cm³/mol. The Morgan fingerprint density at radius 3 is 2.71 bits per heavy atom. The normalized spacial score (nSPS) is 10.5. The van der Waals surface area contributed by atoms with Crippen LogP contribution in [0.15, 0.2) is 54.9 Å². The fraction of sp³-hybridized carbons (Fsp3) is 0.286. The molecule has 0 amide bonds. The Morgan fingerprint density at radius 2 is 1.96 bits per heavy atom. The fourth-order valence-corrected chi connectivity index (χ4v) is 2.68. The van der Waals surface area contributed by atoms with Gasteiger partial charge in [0.15, 0.2) is 5.82 Å². The minimum atomic E-state index is -0.356. The number of pyridine rings is 1. The molecule has 2 heterocycles. The number of nitrogens with zero attached hydrogens (tertiary/aromatic N) is 3. The Bertz CT molecular complexity index is 909. The number of benzene rings is 1. The van der Waals surface area contributed by atoms with Gasteiger partial charge < -0.3 is 14.2 Å². The zero-order chi connectivity index (χ0) is 19.8. The standard InChI is InChI=1S/C21H23N3O4/c1-3-26-21-17(15-24(23-21)20-11-4-5-12-22-20)8-7-13-27-18-9-6-10-19(14-18)28-16(2)25/h4-6,9-12,14-15H,3,7-8,13H2,1-2H3. The summed E-state index contributed by atoms with van der Waals surface area (Å²) in [5.41, 5.74) is 1.00. The first-order valence-corrected chi connectivity index (χ1v) is 9.19. The molecule has 28 heavy (non-hydrogen) atoms. The Hall–Kier alpha value is -3.35. The van der Waals surface area contributed by atoms with E-state index in [1.165, 1.54) is 6.92 Å². The molecule has 0 radical (unpaired) electrons. The first-order chi connectivity index (χ1) is 13.7. The molecule has 0 atom stereocenters. The maximum absolute atomic E-state index is 11.0. The molecule has 0 saturated carbocycles. The number of carbonyl (C=O) groups excluding carboxylic acids is 1. The molecule has 3 rings (SSSR count). The van der Waals surface area contributed by atoms with Crippen LogP contribution in [0.5, 0.6) is 17.4 Å². The quantitative estimate of drug-likeness (QED) is 0.320. The highest BCUT2D eigenvalue weighted by Crippen LogP contribution is 2.22. The van der Waals surface area contributed by atoms with Crippen LogP contribution in [0.4, 0.5) is 0 Å². The molecule has 0 saturated heterocycles. The number of esters is 1. The van der Waals surface area contributed by atoms with Crippen LogP contribution < -0.4 is 14.2 Å². The lowest BCUT2D eigenvalue weighted by molar-refractivity contribution is -0.131. The number of aryl methyl sites for hydroxylation is 1.